The van der Waals surface area contributed by atoms with E-state index in [0.29, 0.717) is 23.7 Å². The molecule has 2 aromatic rings. The van der Waals surface area contributed by atoms with Crippen LogP contribution in [0.4, 0.5) is 0 Å². The number of furan rings is 1. The van der Waals surface area contributed by atoms with Crippen molar-refractivity contribution in [3.8, 4) is 11.3 Å². The summed E-state index contributed by atoms with van der Waals surface area (Å²) in [6.07, 6.45) is 1.34. The predicted molar refractivity (Wildman–Crippen MR) is 106 cm³/mol. The Balaban J connectivity index is 1.74. The molecule has 2 N–H and O–H groups in total. The van der Waals surface area contributed by atoms with Gasteiger partial charge in [-0.3, -0.25) is 20.2 Å². The van der Waals surface area contributed by atoms with Gasteiger partial charge in [0.15, 0.2) is 5.11 Å². The Morgan fingerprint density at radius 3 is 2.36 bits per heavy atom. The van der Waals surface area contributed by atoms with Gasteiger partial charge in [0, 0.05) is 5.56 Å². The molecule has 7 nitrogen and oxygen atoms in total. The Bertz CT molecular complexity index is 951. The van der Waals surface area contributed by atoms with E-state index < -0.39 is 11.8 Å². The maximum Gasteiger partial charge on any atom is 0.338 e. The van der Waals surface area contributed by atoms with Crippen LogP contribution in [-0.4, -0.2) is 29.5 Å². The first kappa shape index (κ1) is 19.5. The van der Waals surface area contributed by atoms with Crippen molar-refractivity contribution in [2.75, 3.05) is 6.61 Å². The van der Waals surface area contributed by atoms with Crippen molar-refractivity contribution in [3.63, 3.8) is 0 Å². The van der Waals surface area contributed by atoms with Gasteiger partial charge in [-0.05, 0) is 48.5 Å². The Hall–Kier alpha value is -3.26. The molecular formula is C20H18N2O5S. The fourth-order valence-electron chi connectivity index (χ4n) is 2.43. The number of nitrogens with one attached hydrogen (secondary N) is 2. The van der Waals surface area contributed by atoms with E-state index in [1.54, 1.807) is 36.4 Å². The van der Waals surface area contributed by atoms with Crippen LogP contribution in [-0.2, 0) is 14.3 Å². The van der Waals surface area contributed by atoms with Crippen LogP contribution >= 0.6 is 12.2 Å². The molecule has 0 aliphatic carbocycles. The lowest BCUT2D eigenvalue weighted by Gasteiger charge is -2.15. The highest BCUT2D eigenvalue weighted by Gasteiger charge is 2.26. The van der Waals surface area contributed by atoms with Crippen LogP contribution in [0.1, 0.15) is 30.0 Å². The number of rotatable bonds is 5. The summed E-state index contributed by atoms with van der Waals surface area (Å²) in [7, 11) is 0. The number of carbonyl (C=O) groups excluding carboxylic acids is 3. The number of carbonyl (C=O) groups is 3. The van der Waals surface area contributed by atoms with Crippen LogP contribution in [0.5, 0.6) is 0 Å². The van der Waals surface area contributed by atoms with Crippen molar-refractivity contribution in [2.45, 2.75) is 13.8 Å². The van der Waals surface area contributed by atoms with Gasteiger partial charge in [-0.25, -0.2) is 4.79 Å². The van der Waals surface area contributed by atoms with Gasteiger partial charge in [0.25, 0.3) is 11.8 Å². The fourth-order valence-corrected chi connectivity index (χ4v) is 2.62. The van der Waals surface area contributed by atoms with E-state index in [-0.39, 0.29) is 22.6 Å². The van der Waals surface area contributed by atoms with Crippen molar-refractivity contribution < 1.29 is 23.5 Å². The standard InChI is InChI=1S/C20H18N2O5S/c1-11(2)10-26-19(25)13-5-3-12(4-6-13)16-8-7-14(27-16)9-15-17(23)21-20(28)22-18(15)24/h3-9,11H,10H2,1-2H3,(H2,21,22,23,24,28). The summed E-state index contributed by atoms with van der Waals surface area (Å²) in [6.45, 7) is 4.30. The second-order valence-electron chi connectivity index (χ2n) is 6.57. The van der Waals surface area contributed by atoms with Crippen molar-refractivity contribution in [1.29, 1.82) is 0 Å². The lowest BCUT2D eigenvalue weighted by Crippen LogP contribution is -2.51. The number of thiocarbonyl (C=S) groups is 1. The quantitative estimate of drug-likeness (QED) is 0.348. The number of hydrogen-bond donors (Lipinski definition) is 2. The number of hydrogen-bond acceptors (Lipinski definition) is 6. The lowest BCUT2D eigenvalue weighted by molar-refractivity contribution is -0.123. The third-order valence-electron chi connectivity index (χ3n) is 3.81. The summed E-state index contributed by atoms with van der Waals surface area (Å²) >= 11 is 4.76. The first-order chi connectivity index (χ1) is 13.3. The van der Waals surface area contributed by atoms with Crippen molar-refractivity contribution in [1.82, 2.24) is 10.6 Å². The maximum atomic E-state index is 12.0. The molecule has 1 aromatic heterocycles. The minimum absolute atomic E-state index is 0.0284. The number of ether oxygens (including phenoxy) is 1. The Morgan fingerprint density at radius 2 is 1.75 bits per heavy atom. The minimum atomic E-state index is -0.587. The highest BCUT2D eigenvalue weighted by atomic mass is 32.1. The molecule has 1 aliphatic heterocycles. The molecule has 0 spiro atoms. The molecule has 1 saturated heterocycles. The predicted octanol–water partition coefficient (Wildman–Crippen LogP) is 2.67. The molecule has 0 atom stereocenters. The summed E-state index contributed by atoms with van der Waals surface area (Å²) in [5, 5.41) is 4.69. The summed E-state index contributed by atoms with van der Waals surface area (Å²) in [6, 6.07) is 10.1. The molecule has 0 unspecified atom stereocenters. The smallest absolute Gasteiger partial charge is 0.338 e. The molecule has 2 heterocycles. The van der Waals surface area contributed by atoms with E-state index in [1.165, 1.54) is 6.08 Å². The molecule has 0 saturated carbocycles. The molecule has 144 valence electrons. The van der Waals surface area contributed by atoms with E-state index in [4.69, 9.17) is 21.4 Å². The zero-order valence-electron chi connectivity index (χ0n) is 15.3. The largest absolute Gasteiger partial charge is 0.462 e. The summed E-state index contributed by atoms with van der Waals surface area (Å²) in [4.78, 5) is 35.7. The third-order valence-corrected chi connectivity index (χ3v) is 4.01. The van der Waals surface area contributed by atoms with Crippen LogP contribution in [0.2, 0.25) is 0 Å². The van der Waals surface area contributed by atoms with Gasteiger partial charge in [-0.1, -0.05) is 26.0 Å². The van der Waals surface area contributed by atoms with Gasteiger partial charge in [0.1, 0.15) is 17.1 Å². The summed E-state index contributed by atoms with van der Waals surface area (Å²) < 4.78 is 10.9. The van der Waals surface area contributed by atoms with Crippen LogP contribution in [0.15, 0.2) is 46.4 Å². The maximum absolute atomic E-state index is 12.0. The molecule has 0 bridgehead atoms. The average Bonchev–Trinajstić information content (AvgIpc) is 3.11. The van der Waals surface area contributed by atoms with Gasteiger partial charge < -0.3 is 9.15 Å². The SMILES string of the molecule is CC(C)COC(=O)c1ccc(-c2ccc(C=C3C(=O)NC(=S)NC3=O)o2)cc1. The van der Waals surface area contributed by atoms with Crippen molar-refractivity contribution in [2.24, 2.45) is 5.92 Å². The molecule has 1 aromatic carbocycles. The Kier molecular flexibility index (Phi) is 5.70. The zero-order valence-corrected chi connectivity index (χ0v) is 16.1. The normalized spacial score (nSPS) is 14.0. The van der Waals surface area contributed by atoms with Crippen LogP contribution in [0.25, 0.3) is 17.4 Å². The number of esters is 1. The van der Waals surface area contributed by atoms with E-state index >= 15 is 0 Å². The monoisotopic (exact) mass is 398 g/mol. The molecule has 28 heavy (non-hydrogen) atoms. The molecule has 1 aliphatic rings. The zero-order chi connectivity index (χ0) is 20.3. The van der Waals surface area contributed by atoms with Gasteiger partial charge in [0.05, 0.1) is 12.2 Å². The number of benzene rings is 1. The Labute approximate surface area is 166 Å². The summed E-state index contributed by atoms with van der Waals surface area (Å²) in [5.41, 5.74) is 1.09. The van der Waals surface area contributed by atoms with E-state index in [9.17, 15) is 14.4 Å². The lowest BCUT2D eigenvalue weighted by atomic mass is 10.1. The molecule has 8 heteroatoms. The van der Waals surface area contributed by atoms with Crippen molar-refractivity contribution >= 4 is 41.2 Å². The molecule has 0 radical (unpaired) electrons. The Morgan fingerprint density at radius 1 is 1.11 bits per heavy atom. The average molecular weight is 398 g/mol. The summed E-state index contributed by atoms with van der Waals surface area (Å²) in [5.74, 6) is -0.420. The van der Waals surface area contributed by atoms with Crippen molar-refractivity contribution in [3.05, 3.63) is 53.3 Å². The first-order valence-corrected chi connectivity index (χ1v) is 9.00. The second-order valence-corrected chi connectivity index (χ2v) is 6.98. The first-order valence-electron chi connectivity index (χ1n) is 8.59. The van der Waals surface area contributed by atoms with Gasteiger partial charge in [-0.2, -0.15) is 0 Å². The van der Waals surface area contributed by atoms with E-state index in [0.717, 1.165) is 5.56 Å². The van der Waals surface area contributed by atoms with Crippen LogP contribution in [0.3, 0.4) is 0 Å². The number of amides is 2. The van der Waals surface area contributed by atoms with Crippen LogP contribution in [0, 0.1) is 5.92 Å². The van der Waals surface area contributed by atoms with Crippen LogP contribution < -0.4 is 10.6 Å². The topological polar surface area (TPSA) is 97.6 Å². The minimum Gasteiger partial charge on any atom is -0.462 e. The molecule has 1 fully saturated rings. The third kappa shape index (κ3) is 4.52. The molecule has 2 amide bonds. The highest BCUT2D eigenvalue weighted by molar-refractivity contribution is 7.80. The second kappa shape index (κ2) is 8.18. The molecular weight excluding hydrogens is 380 g/mol. The van der Waals surface area contributed by atoms with E-state index in [1.807, 2.05) is 13.8 Å². The highest BCUT2D eigenvalue weighted by Crippen LogP contribution is 2.24. The van der Waals surface area contributed by atoms with Gasteiger partial charge >= 0.3 is 5.97 Å². The molecule has 3 rings (SSSR count). The van der Waals surface area contributed by atoms with Gasteiger partial charge in [0.2, 0.25) is 0 Å². The van der Waals surface area contributed by atoms with Gasteiger partial charge in [-0.15, -0.1) is 0 Å². The fraction of sp³-hybridized carbons (Fsp3) is 0.200. The van der Waals surface area contributed by atoms with E-state index in [2.05, 4.69) is 10.6 Å².